The van der Waals surface area contributed by atoms with Gasteiger partial charge in [-0.1, -0.05) is 36.2 Å². The number of hydrogen-bond donors (Lipinski definition) is 1. The van der Waals surface area contributed by atoms with E-state index in [1.54, 1.807) is 11.8 Å². The summed E-state index contributed by atoms with van der Waals surface area (Å²) in [6.07, 6.45) is 8.29. The molecule has 26 heavy (non-hydrogen) atoms. The van der Waals surface area contributed by atoms with E-state index in [4.69, 9.17) is 11.6 Å². The Morgan fingerprint density at radius 2 is 2.15 bits per heavy atom. The maximum atomic E-state index is 13.7. The molecule has 1 fully saturated rings. The minimum atomic E-state index is -0.572. The topological polar surface area (TPSA) is 59.8 Å². The Balaban J connectivity index is 1.56. The molecule has 1 aromatic carbocycles. The van der Waals surface area contributed by atoms with E-state index in [2.05, 4.69) is 20.1 Å². The summed E-state index contributed by atoms with van der Waals surface area (Å²) in [7, 11) is 0. The quantitative estimate of drug-likeness (QED) is 0.560. The number of carbonyl (C=O) groups is 1. The van der Waals surface area contributed by atoms with E-state index in [-0.39, 0.29) is 5.56 Å². The van der Waals surface area contributed by atoms with Crippen molar-refractivity contribution in [1.29, 1.82) is 0 Å². The average molecular weight is 397 g/mol. The first-order chi connectivity index (χ1) is 12.6. The number of thioether (sulfide) groups is 1. The number of hydrogen-bond acceptors (Lipinski definition) is 4. The SMILES string of the molecule is CSc1nnc(CCCNC(=O)c2cc(Cl)ccc2F)n1C1CCCC1. The lowest BCUT2D eigenvalue weighted by Crippen LogP contribution is -2.26. The van der Waals surface area contributed by atoms with Gasteiger partial charge in [0.1, 0.15) is 11.6 Å². The second-order valence-corrected chi connectivity index (χ2v) is 7.60. The highest BCUT2D eigenvalue weighted by molar-refractivity contribution is 7.98. The van der Waals surface area contributed by atoms with Crippen LogP contribution in [0.1, 0.15) is 54.3 Å². The molecule has 1 amide bonds. The number of benzene rings is 1. The normalized spacial score (nSPS) is 14.7. The van der Waals surface area contributed by atoms with Gasteiger partial charge in [0.25, 0.3) is 5.91 Å². The lowest BCUT2D eigenvalue weighted by atomic mass is 10.2. The van der Waals surface area contributed by atoms with Crippen molar-refractivity contribution in [3.8, 4) is 0 Å². The molecule has 5 nitrogen and oxygen atoms in total. The summed E-state index contributed by atoms with van der Waals surface area (Å²) in [6.45, 7) is 0.441. The first kappa shape index (κ1) is 19.2. The van der Waals surface area contributed by atoms with Gasteiger partial charge in [-0.25, -0.2) is 4.39 Å². The third kappa shape index (κ3) is 4.38. The van der Waals surface area contributed by atoms with Crippen LogP contribution in [0.4, 0.5) is 4.39 Å². The van der Waals surface area contributed by atoms with Gasteiger partial charge < -0.3 is 9.88 Å². The smallest absolute Gasteiger partial charge is 0.254 e. The highest BCUT2D eigenvalue weighted by Crippen LogP contribution is 2.33. The molecule has 0 unspecified atom stereocenters. The Bertz CT molecular complexity index is 777. The Labute approximate surface area is 161 Å². The van der Waals surface area contributed by atoms with Crippen LogP contribution in [-0.2, 0) is 6.42 Å². The minimum Gasteiger partial charge on any atom is -0.352 e. The van der Waals surface area contributed by atoms with Crippen LogP contribution in [0.25, 0.3) is 0 Å². The van der Waals surface area contributed by atoms with Gasteiger partial charge in [0.15, 0.2) is 5.16 Å². The van der Waals surface area contributed by atoms with Gasteiger partial charge in [0, 0.05) is 24.0 Å². The number of nitrogens with zero attached hydrogens (tertiary/aromatic N) is 3. The van der Waals surface area contributed by atoms with E-state index in [1.807, 2.05) is 6.26 Å². The van der Waals surface area contributed by atoms with Crippen molar-refractivity contribution in [2.24, 2.45) is 0 Å². The summed E-state index contributed by atoms with van der Waals surface area (Å²) in [5, 5.41) is 12.7. The molecular formula is C18H22ClFN4OS. The summed E-state index contributed by atoms with van der Waals surface area (Å²) in [5.74, 6) is -0.0611. The van der Waals surface area contributed by atoms with Gasteiger partial charge in [0.2, 0.25) is 0 Å². The van der Waals surface area contributed by atoms with Crippen LogP contribution in [0, 0.1) is 5.82 Å². The summed E-state index contributed by atoms with van der Waals surface area (Å²) >= 11 is 7.44. The fraction of sp³-hybridized carbons (Fsp3) is 0.500. The van der Waals surface area contributed by atoms with Crippen LogP contribution in [0.5, 0.6) is 0 Å². The largest absolute Gasteiger partial charge is 0.352 e. The number of aromatic nitrogens is 3. The zero-order valence-electron chi connectivity index (χ0n) is 14.7. The molecule has 0 aliphatic heterocycles. The summed E-state index contributed by atoms with van der Waals surface area (Å²) in [4.78, 5) is 12.1. The standard InChI is InChI=1S/C18H22ClFN4OS/c1-26-18-23-22-16(24(18)13-5-2-3-6-13)7-4-10-21-17(25)14-11-12(19)8-9-15(14)20/h8-9,11,13H,2-7,10H2,1H3,(H,21,25). The zero-order valence-corrected chi connectivity index (χ0v) is 16.2. The Hall–Kier alpha value is -1.60. The van der Waals surface area contributed by atoms with Crippen molar-refractivity contribution in [2.75, 3.05) is 12.8 Å². The number of amides is 1. The lowest BCUT2D eigenvalue weighted by molar-refractivity contribution is 0.0949. The van der Waals surface area contributed by atoms with Crippen molar-refractivity contribution < 1.29 is 9.18 Å². The highest BCUT2D eigenvalue weighted by atomic mass is 35.5. The number of aryl methyl sites for hydroxylation is 1. The third-order valence-corrected chi connectivity index (χ3v) is 5.52. The molecule has 1 aliphatic rings. The third-order valence-electron chi connectivity index (χ3n) is 4.64. The number of nitrogens with one attached hydrogen (secondary N) is 1. The second-order valence-electron chi connectivity index (χ2n) is 6.39. The van der Waals surface area contributed by atoms with Gasteiger partial charge in [0.05, 0.1) is 5.56 Å². The van der Waals surface area contributed by atoms with Gasteiger partial charge in [-0.3, -0.25) is 4.79 Å². The molecule has 0 saturated heterocycles. The molecule has 3 rings (SSSR count). The van der Waals surface area contributed by atoms with Gasteiger partial charge in [-0.2, -0.15) is 0 Å². The molecule has 140 valence electrons. The number of halogens is 2. The van der Waals surface area contributed by atoms with Crippen molar-refractivity contribution in [2.45, 2.75) is 49.7 Å². The van der Waals surface area contributed by atoms with Crippen molar-refractivity contribution in [3.05, 3.63) is 40.4 Å². The maximum Gasteiger partial charge on any atom is 0.254 e. The molecule has 2 aromatic rings. The number of rotatable bonds is 7. The average Bonchev–Trinajstić information content (AvgIpc) is 3.29. The molecule has 0 spiro atoms. The van der Waals surface area contributed by atoms with Crippen LogP contribution in [0.3, 0.4) is 0 Å². The monoisotopic (exact) mass is 396 g/mol. The molecule has 1 aromatic heterocycles. The predicted octanol–water partition coefficient (Wildman–Crippen LogP) is 4.27. The highest BCUT2D eigenvalue weighted by Gasteiger charge is 2.23. The Morgan fingerprint density at radius 1 is 1.38 bits per heavy atom. The molecule has 8 heteroatoms. The fourth-order valence-corrected chi connectivity index (χ4v) is 4.11. The van der Waals surface area contributed by atoms with Crippen molar-refractivity contribution >= 4 is 29.3 Å². The molecule has 0 bridgehead atoms. The molecule has 1 aliphatic carbocycles. The van der Waals surface area contributed by atoms with Crippen molar-refractivity contribution in [1.82, 2.24) is 20.1 Å². The van der Waals surface area contributed by atoms with E-state index in [9.17, 15) is 9.18 Å². The van der Waals surface area contributed by atoms with Crippen LogP contribution in [-0.4, -0.2) is 33.5 Å². The van der Waals surface area contributed by atoms with E-state index in [1.165, 1.54) is 43.9 Å². The summed E-state index contributed by atoms with van der Waals surface area (Å²) < 4.78 is 16.0. The Morgan fingerprint density at radius 3 is 2.88 bits per heavy atom. The second kappa shape index (κ2) is 8.86. The van der Waals surface area contributed by atoms with Gasteiger partial charge in [-0.05, 0) is 43.7 Å². The van der Waals surface area contributed by atoms with Crippen LogP contribution < -0.4 is 5.32 Å². The molecule has 0 radical (unpaired) electrons. The van der Waals surface area contributed by atoms with Crippen LogP contribution in [0.2, 0.25) is 5.02 Å². The molecule has 1 saturated carbocycles. The van der Waals surface area contributed by atoms with Crippen molar-refractivity contribution in [3.63, 3.8) is 0 Å². The first-order valence-electron chi connectivity index (χ1n) is 8.81. The lowest BCUT2D eigenvalue weighted by Gasteiger charge is -2.16. The van der Waals surface area contributed by atoms with Gasteiger partial charge >= 0.3 is 0 Å². The van der Waals surface area contributed by atoms with Crippen LogP contribution in [0.15, 0.2) is 23.4 Å². The molecule has 1 heterocycles. The summed E-state index contributed by atoms with van der Waals surface area (Å²) in [5.41, 5.74) is -0.0312. The number of carbonyl (C=O) groups excluding carboxylic acids is 1. The molecular weight excluding hydrogens is 375 g/mol. The van der Waals surface area contributed by atoms with Gasteiger partial charge in [-0.15, -0.1) is 10.2 Å². The van der Waals surface area contributed by atoms with E-state index in [0.717, 1.165) is 17.4 Å². The summed E-state index contributed by atoms with van der Waals surface area (Å²) in [6, 6.07) is 4.45. The first-order valence-corrected chi connectivity index (χ1v) is 10.4. The minimum absolute atomic E-state index is 0.0312. The van der Waals surface area contributed by atoms with E-state index >= 15 is 0 Å². The molecule has 1 N–H and O–H groups in total. The zero-order chi connectivity index (χ0) is 18.5. The van der Waals surface area contributed by atoms with E-state index in [0.29, 0.717) is 24.0 Å². The predicted molar refractivity (Wildman–Crippen MR) is 101 cm³/mol. The fourth-order valence-electron chi connectivity index (χ4n) is 3.36. The van der Waals surface area contributed by atoms with Crippen LogP contribution >= 0.6 is 23.4 Å². The maximum absolute atomic E-state index is 13.7. The van der Waals surface area contributed by atoms with E-state index < -0.39 is 11.7 Å². The Kier molecular flexibility index (Phi) is 6.53. The molecule has 0 atom stereocenters.